The van der Waals surface area contributed by atoms with Crippen LogP contribution < -0.4 is 5.32 Å². The molecule has 0 radical (unpaired) electrons. The van der Waals surface area contributed by atoms with Crippen LogP contribution in [0.4, 0.5) is 0 Å². The number of aliphatic hydroxyl groups is 1. The molecule has 0 saturated carbocycles. The van der Waals surface area contributed by atoms with Crippen LogP contribution in [0.25, 0.3) is 0 Å². The van der Waals surface area contributed by atoms with Crippen molar-refractivity contribution in [2.24, 2.45) is 0 Å². The number of carbonyl (C=O) groups excluding carboxylic acids is 1. The van der Waals surface area contributed by atoms with Crippen molar-refractivity contribution in [1.29, 1.82) is 0 Å². The highest BCUT2D eigenvalue weighted by Crippen LogP contribution is 2.14. The van der Waals surface area contributed by atoms with Crippen molar-refractivity contribution in [3.05, 3.63) is 57.8 Å². The summed E-state index contributed by atoms with van der Waals surface area (Å²) >= 11 is 1.50. The molecule has 102 valence electrons. The van der Waals surface area contributed by atoms with E-state index in [0.717, 1.165) is 11.1 Å². The van der Waals surface area contributed by atoms with Crippen molar-refractivity contribution < 1.29 is 9.90 Å². The highest BCUT2D eigenvalue weighted by atomic mass is 32.1. The van der Waals surface area contributed by atoms with Crippen molar-refractivity contribution in [2.75, 3.05) is 6.61 Å². The second-order valence-corrected chi connectivity index (χ2v) is 5.07. The molecule has 0 bridgehead atoms. The molecule has 4 heteroatoms. The second-order valence-electron chi connectivity index (χ2n) is 4.29. The van der Waals surface area contributed by atoms with Crippen LogP contribution in [0.15, 0.2) is 41.1 Å². The standard InChI is InChI=1S/C16H15NO2S/c1-12(17-16(19)15-8-10-20-11-15)14-6-4-13(5-7-14)3-2-9-18/h4-8,10-12,18H,9H2,1H3,(H,17,19). The quantitative estimate of drug-likeness (QED) is 0.852. The third-order valence-electron chi connectivity index (χ3n) is 2.85. The summed E-state index contributed by atoms with van der Waals surface area (Å²) in [6.07, 6.45) is 0. The molecule has 1 amide bonds. The first-order valence-electron chi connectivity index (χ1n) is 6.23. The number of hydrogen-bond donors (Lipinski definition) is 2. The van der Waals surface area contributed by atoms with E-state index in [1.807, 2.05) is 41.9 Å². The number of thiophene rings is 1. The van der Waals surface area contributed by atoms with Crippen molar-refractivity contribution >= 4 is 17.2 Å². The van der Waals surface area contributed by atoms with Gasteiger partial charge in [0.1, 0.15) is 6.61 Å². The van der Waals surface area contributed by atoms with Crippen molar-refractivity contribution in [3.63, 3.8) is 0 Å². The lowest BCUT2D eigenvalue weighted by Crippen LogP contribution is -2.26. The van der Waals surface area contributed by atoms with Crippen molar-refractivity contribution in [2.45, 2.75) is 13.0 Å². The number of aliphatic hydroxyl groups excluding tert-OH is 1. The van der Waals surface area contributed by atoms with E-state index in [4.69, 9.17) is 5.11 Å². The van der Waals surface area contributed by atoms with Gasteiger partial charge in [-0.1, -0.05) is 24.0 Å². The van der Waals surface area contributed by atoms with Gasteiger partial charge in [0.25, 0.3) is 5.91 Å². The Hall–Kier alpha value is -2.09. The van der Waals surface area contributed by atoms with Crippen molar-refractivity contribution in [1.82, 2.24) is 5.32 Å². The normalized spacial score (nSPS) is 11.3. The van der Waals surface area contributed by atoms with Gasteiger partial charge in [-0.15, -0.1) is 0 Å². The van der Waals surface area contributed by atoms with E-state index in [1.165, 1.54) is 11.3 Å². The van der Waals surface area contributed by atoms with Crippen LogP contribution in [-0.2, 0) is 0 Å². The topological polar surface area (TPSA) is 49.3 Å². The Kier molecular flexibility index (Phi) is 4.94. The Balaban J connectivity index is 2.02. The maximum Gasteiger partial charge on any atom is 0.252 e. The Morgan fingerprint density at radius 2 is 2.10 bits per heavy atom. The highest BCUT2D eigenvalue weighted by Gasteiger charge is 2.11. The zero-order valence-electron chi connectivity index (χ0n) is 11.1. The Labute approximate surface area is 122 Å². The van der Waals surface area contributed by atoms with Crippen LogP contribution in [0.5, 0.6) is 0 Å². The lowest BCUT2D eigenvalue weighted by Gasteiger charge is -2.13. The molecule has 1 atom stereocenters. The summed E-state index contributed by atoms with van der Waals surface area (Å²) in [6.45, 7) is 1.80. The summed E-state index contributed by atoms with van der Waals surface area (Å²) in [5, 5.41) is 15.3. The summed E-state index contributed by atoms with van der Waals surface area (Å²) in [6, 6.07) is 9.36. The van der Waals surface area contributed by atoms with Gasteiger partial charge in [0, 0.05) is 10.9 Å². The summed E-state index contributed by atoms with van der Waals surface area (Å²) in [4.78, 5) is 11.9. The van der Waals surface area contributed by atoms with Crippen LogP contribution >= 0.6 is 11.3 Å². The molecule has 0 spiro atoms. The third-order valence-corrected chi connectivity index (χ3v) is 3.54. The number of hydrogen-bond acceptors (Lipinski definition) is 3. The molecule has 2 rings (SSSR count). The van der Waals surface area contributed by atoms with Gasteiger partial charge in [-0.3, -0.25) is 4.79 Å². The Bertz CT molecular complexity index is 621. The fraction of sp³-hybridized carbons (Fsp3) is 0.188. The lowest BCUT2D eigenvalue weighted by molar-refractivity contribution is 0.0940. The predicted octanol–water partition coefficient (Wildman–Crippen LogP) is 2.58. The first kappa shape index (κ1) is 14.3. The van der Waals surface area contributed by atoms with Crippen LogP contribution in [0.1, 0.15) is 34.5 Å². The number of rotatable bonds is 3. The molecule has 0 aliphatic heterocycles. The van der Waals surface area contributed by atoms with E-state index in [2.05, 4.69) is 17.2 Å². The molecule has 2 N–H and O–H groups in total. The minimum absolute atomic E-state index is 0.0668. The molecule has 3 nitrogen and oxygen atoms in total. The summed E-state index contributed by atoms with van der Waals surface area (Å²) < 4.78 is 0. The molecule has 0 aliphatic rings. The molecule has 20 heavy (non-hydrogen) atoms. The van der Waals surface area contributed by atoms with Crippen LogP contribution in [0, 0.1) is 11.8 Å². The first-order valence-corrected chi connectivity index (χ1v) is 7.17. The van der Waals surface area contributed by atoms with Crippen LogP contribution in [-0.4, -0.2) is 17.6 Å². The van der Waals surface area contributed by atoms with Crippen LogP contribution in [0.2, 0.25) is 0 Å². The number of benzene rings is 1. The van der Waals surface area contributed by atoms with Crippen molar-refractivity contribution in [3.8, 4) is 11.8 Å². The summed E-state index contributed by atoms with van der Waals surface area (Å²) in [5.41, 5.74) is 2.55. The third kappa shape index (κ3) is 3.70. The zero-order valence-corrected chi connectivity index (χ0v) is 11.9. The molecule has 1 aromatic heterocycles. The van der Waals surface area contributed by atoms with Gasteiger partial charge < -0.3 is 10.4 Å². The lowest BCUT2D eigenvalue weighted by atomic mass is 10.1. The van der Waals surface area contributed by atoms with E-state index < -0.39 is 0 Å². The number of nitrogens with one attached hydrogen (secondary N) is 1. The average molecular weight is 285 g/mol. The molecule has 0 saturated heterocycles. The molecule has 1 aromatic carbocycles. The average Bonchev–Trinajstić information content (AvgIpc) is 3.00. The van der Waals surface area contributed by atoms with Gasteiger partial charge in [-0.25, -0.2) is 0 Å². The molecular weight excluding hydrogens is 270 g/mol. The molecule has 0 fully saturated rings. The molecule has 0 aliphatic carbocycles. The maximum atomic E-state index is 11.9. The zero-order chi connectivity index (χ0) is 14.4. The largest absolute Gasteiger partial charge is 0.384 e. The summed E-state index contributed by atoms with van der Waals surface area (Å²) in [5.74, 6) is 5.37. The summed E-state index contributed by atoms with van der Waals surface area (Å²) in [7, 11) is 0. The number of amides is 1. The van der Waals surface area contributed by atoms with Gasteiger partial charge in [0.15, 0.2) is 0 Å². The van der Waals surface area contributed by atoms with Gasteiger partial charge in [0.2, 0.25) is 0 Å². The van der Waals surface area contributed by atoms with Gasteiger partial charge in [-0.05, 0) is 36.1 Å². The van der Waals surface area contributed by atoms with E-state index in [-0.39, 0.29) is 18.6 Å². The second kappa shape index (κ2) is 6.90. The number of carbonyl (C=O) groups is 1. The van der Waals surface area contributed by atoms with Gasteiger partial charge in [0.05, 0.1) is 11.6 Å². The SMILES string of the molecule is CC(NC(=O)c1ccsc1)c1ccc(C#CCO)cc1. The van der Waals surface area contributed by atoms with E-state index >= 15 is 0 Å². The molecular formula is C16H15NO2S. The smallest absolute Gasteiger partial charge is 0.252 e. The first-order chi connectivity index (χ1) is 9.70. The van der Waals surface area contributed by atoms with Crippen LogP contribution in [0.3, 0.4) is 0 Å². The van der Waals surface area contributed by atoms with Gasteiger partial charge in [-0.2, -0.15) is 11.3 Å². The van der Waals surface area contributed by atoms with E-state index in [0.29, 0.717) is 5.56 Å². The molecule has 1 heterocycles. The molecule has 2 aromatic rings. The highest BCUT2D eigenvalue weighted by molar-refractivity contribution is 7.08. The monoisotopic (exact) mass is 285 g/mol. The predicted molar refractivity (Wildman–Crippen MR) is 80.6 cm³/mol. The Morgan fingerprint density at radius 1 is 1.35 bits per heavy atom. The fourth-order valence-corrected chi connectivity index (χ4v) is 2.39. The van der Waals surface area contributed by atoms with E-state index in [9.17, 15) is 4.79 Å². The Morgan fingerprint density at radius 3 is 2.70 bits per heavy atom. The van der Waals surface area contributed by atoms with E-state index in [1.54, 1.807) is 6.07 Å². The minimum atomic E-state index is -0.144. The van der Waals surface area contributed by atoms with Gasteiger partial charge >= 0.3 is 0 Å². The molecule has 1 unspecified atom stereocenters. The minimum Gasteiger partial charge on any atom is -0.384 e. The maximum absolute atomic E-state index is 11.9. The fourth-order valence-electron chi connectivity index (χ4n) is 1.75.